The highest BCUT2D eigenvalue weighted by molar-refractivity contribution is 5.87. The molecule has 1 heterocycles. The standard InChI is InChI=1S/C7H5F2N3O4/c8-6(9)4-5(12(15)16)2(10)1-3(11-4)7(13)14/h1,6H,(H2,10,11)(H,13,14). The third kappa shape index (κ3) is 2.02. The molecule has 0 saturated carbocycles. The van der Waals surface area contributed by atoms with Crippen molar-refractivity contribution >= 4 is 17.3 Å². The van der Waals surface area contributed by atoms with E-state index in [1.54, 1.807) is 0 Å². The lowest BCUT2D eigenvalue weighted by atomic mass is 10.2. The Bertz CT molecular complexity index is 463. The second-order valence-corrected chi connectivity index (χ2v) is 2.69. The molecule has 0 aromatic carbocycles. The summed E-state index contributed by atoms with van der Waals surface area (Å²) in [5.41, 5.74) is 1.38. The van der Waals surface area contributed by atoms with Gasteiger partial charge in [0.15, 0.2) is 11.4 Å². The zero-order valence-corrected chi connectivity index (χ0v) is 7.55. The van der Waals surface area contributed by atoms with Gasteiger partial charge in [-0.3, -0.25) is 10.1 Å². The highest BCUT2D eigenvalue weighted by Gasteiger charge is 2.28. The maximum absolute atomic E-state index is 12.4. The third-order valence-electron chi connectivity index (χ3n) is 1.66. The van der Waals surface area contributed by atoms with Crippen LogP contribution in [0.2, 0.25) is 0 Å². The van der Waals surface area contributed by atoms with E-state index in [-0.39, 0.29) is 0 Å². The van der Waals surface area contributed by atoms with Crippen molar-refractivity contribution in [1.82, 2.24) is 4.98 Å². The summed E-state index contributed by atoms with van der Waals surface area (Å²) in [5.74, 6) is -1.59. The fraction of sp³-hybridized carbons (Fsp3) is 0.143. The van der Waals surface area contributed by atoms with Gasteiger partial charge < -0.3 is 10.8 Å². The lowest BCUT2D eigenvalue weighted by molar-refractivity contribution is -0.385. The molecule has 7 nitrogen and oxygen atoms in total. The summed E-state index contributed by atoms with van der Waals surface area (Å²) in [5, 5.41) is 18.9. The van der Waals surface area contributed by atoms with Crippen molar-refractivity contribution in [3.05, 3.63) is 27.6 Å². The summed E-state index contributed by atoms with van der Waals surface area (Å²) in [6.07, 6.45) is -3.28. The maximum atomic E-state index is 12.4. The van der Waals surface area contributed by atoms with Crippen LogP contribution in [0.5, 0.6) is 0 Å². The summed E-state index contributed by atoms with van der Waals surface area (Å²) in [6, 6.07) is 0.659. The van der Waals surface area contributed by atoms with Crippen LogP contribution in [0.15, 0.2) is 6.07 Å². The van der Waals surface area contributed by atoms with Crippen LogP contribution in [0.1, 0.15) is 22.6 Å². The Kier molecular flexibility index (Phi) is 2.97. The number of rotatable bonds is 3. The number of nitrogens with zero attached hydrogens (tertiary/aromatic N) is 2. The molecule has 16 heavy (non-hydrogen) atoms. The largest absolute Gasteiger partial charge is 0.477 e. The van der Waals surface area contributed by atoms with Crippen LogP contribution < -0.4 is 5.73 Å². The van der Waals surface area contributed by atoms with Crippen molar-refractivity contribution < 1.29 is 23.6 Å². The highest BCUT2D eigenvalue weighted by Crippen LogP contribution is 2.32. The maximum Gasteiger partial charge on any atom is 0.354 e. The molecule has 0 spiro atoms. The molecule has 0 aliphatic rings. The number of nitro groups is 1. The number of aromatic carboxylic acids is 1. The number of nitrogen functional groups attached to an aromatic ring is 1. The van der Waals surface area contributed by atoms with E-state index in [2.05, 4.69) is 4.98 Å². The first-order chi connectivity index (χ1) is 7.34. The number of carboxylic acid groups (broad SMARTS) is 1. The fourth-order valence-corrected chi connectivity index (χ4v) is 1.04. The van der Waals surface area contributed by atoms with Gasteiger partial charge >= 0.3 is 11.7 Å². The number of pyridine rings is 1. The monoisotopic (exact) mass is 233 g/mol. The number of hydrogen-bond donors (Lipinski definition) is 2. The lowest BCUT2D eigenvalue weighted by Gasteiger charge is -2.04. The zero-order chi connectivity index (χ0) is 12.5. The number of aromatic nitrogens is 1. The topological polar surface area (TPSA) is 119 Å². The van der Waals surface area contributed by atoms with Gasteiger partial charge in [-0.15, -0.1) is 0 Å². The summed E-state index contributed by atoms with van der Waals surface area (Å²) < 4.78 is 24.8. The van der Waals surface area contributed by atoms with E-state index in [1.165, 1.54) is 0 Å². The molecule has 0 radical (unpaired) electrons. The van der Waals surface area contributed by atoms with Gasteiger partial charge in [0.05, 0.1) is 4.92 Å². The van der Waals surface area contributed by atoms with Gasteiger partial charge in [0.2, 0.25) is 0 Å². The van der Waals surface area contributed by atoms with E-state index >= 15 is 0 Å². The molecule has 0 aliphatic carbocycles. The number of halogens is 2. The van der Waals surface area contributed by atoms with Crippen molar-refractivity contribution in [2.45, 2.75) is 6.43 Å². The van der Waals surface area contributed by atoms with Crippen LogP contribution in [0.25, 0.3) is 0 Å². The van der Waals surface area contributed by atoms with E-state index in [1.807, 2.05) is 0 Å². The SMILES string of the molecule is Nc1cc(C(=O)O)nc(C(F)F)c1[N+](=O)[O-]. The van der Waals surface area contributed by atoms with Crippen molar-refractivity contribution in [1.29, 1.82) is 0 Å². The molecule has 0 saturated heterocycles. The van der Waals surface area contributed by atoms with Gasteiger partial charge in [0.1, 0.15) is 5.69 Å². The Labute approximate surface area is 86.7 Å². The Hall–Kier alpha value is -2.32. The number of alkyl halides is 2. The Morgan fingerprint density at radius 2 is 2.19 bits per heavy atom. The average Bonchev–Trinajstić information content (AvgIpc) is 2.15. The molecule has 1 aromatic rings. The van der Waals surface area contributed by atoms with Gasteiger partial charge in [-0.05, 0) is 0 Å². The quantitative estimate of drug-likeness (QED) is 0.598. The number of carbonyl (C=O) groups is 1. The normalized spacial score (nSPS) is 10.4. The first-order valence-corrected chi connectivity index (χ1v) is 3.80. The minimum atomic E-state index is -3.28. The second-order valence-electron chi connectivity index (χ2n) is 2.69. The Balaban J connectivity index is 3.51. The summed E-state index contributed by atoms with van der Waals surface area (Å²) in [7, 11) is 0. The first kappa shape index (κ1) is 11.8. The smallest absolute Gasteiger partial charge is 0.354 e. The summed E-state index contributed by atoms with van der Waals surface area (Å²) >= 11 is 0. The highest BCUT2D eigenvalue weighted by atomic mass is 19.3. The van der Waals surface area contributed by atoms with Crippen LogP contribution in [0.3, 0.4) is 0 Å². The van der Waals surface area contributed by atoms with Crippen LogP contribution in [-0.4, -0.2) is 21.0 Å². The van der Waals surface area contributed by atoms with Crippen LogP contribution in [0, 0.1) is 10.1 Å². The molecule has 1 rings (SSSR count). The first-order valence-electron chi connectivity index (χ1n) is 3.80. The Morgan fingerprint density at radius 1 is 1.62 bits per heavy atom. The predicted molar refractivity (Wildman–Crippen MR) is 47.2 cm³/mol. The zero-order valence-electron chi connectivity index (χ0n) is 7.55. The van der Waals surface area contributed by atoms with Crippen LogP contribution in [0.4, 0.5) is 20.2 Å². The van der Waals surface area contributed by atoms with Crippen LogP contribution in [-0.2, 0) is 0 Å². The lowest BCUT2D eigenvalue weighted by Crippen LogP contribution is -2.09. The molecular weight excluding hydrogens is 228 g/mol. The van der Waals surface area contributed by atoms with E-state index in [0.717, 1.165) is 0 Å². The average molecular weight is 233 g/mol. The van der Waals surface area contributed by atoms with Crippen LogP contribution >= 0.6 is 0 Å². The van der Waals surface area contributed by atoms with Gasteiger partial charge in [-0.1, -0.05) is 0 Å². The number of carboxylic acids is 1. The minimum absolute atomic E-state index is 0.659. The molecule has 0 fully saturated rings. The molecule has 3 N–H and O–H groups in total. The second kappa shape index (κ2) is 4.04. The van der Waals surface area contributed by atoms with Gasteiger partial charge in [0.25, 0.3) is 6.43 Å². The number of anilines is 1. The van der Waals surface area contributed by atoms with Crippen molar-refractivity contribution in [2.24, 2.45) is 0 Å². The molecule has 1 aromatic heterocycles. The van der Waals surface area contributed by atoms with Gasteiger partial charge in [-0.2, -0.15) is 0 Å². The summed E-state index contributed by atoms with van der Waals surface area (Å²) in [6.45, 7) is 0. The van der Waals surface area contributed by atoms with Crippen molar-refractivity contribution in [3.8, 4) is 0 Å². The Morgan fingerprint density at radius 3 is 2.56 bits per heavy atom. The minimum Gasteiger partial charge on any atom is -0.477 e. The van der Waals surface area contributed by atoms with E-state index in [0.29, 0.717) is 6.07 Å². The van der Waals surface area contributed by atoms with Crippen molar-refractivity contribution in [2.75, 3.05) is 5.73 Å². The number of nitrogens with two attached hydrogens (primary N) is 1. The third-order valence-corrected chi connectivity index (χ3v) is 1.66. The molecule has 0 aliphatic heterocycles. The molecule has 0 atom stereocenters. The van der Waals surface area contributed by atoms with Gasteiger partial charge in [0, 0.05) is 6.07 Å². The molecule has 86 valence electrons. The van der Waals surface area contributed by atoms with E-state index in [4.69, 9.17) is 10.8 Å². The van der Waals surface area contributed by atoms with Gasteiger partial charge in [-0.25, -0.2) is 18.6 Å². The fourth-order valence-electron chi connectivity index (χ4n) is 1.04. The molecule has 9 heteroatoms. The summed E-state index contributed by atoms with van der Waals surface area (Å²) in [4.78, 5) is 22.8. The molecule has 0 bridgehead atoms. The predicted octanol–water partition coefficient (Wildman–Crippen LogP) is 1.21. The van der Waals surface area contributed by atoms with E-state index in [9.17, 15) is 23.7 Å². The van der Waals surface area contributed by atoms with Crippen molar-refractivity contribution in [3.63, 3.8) is 0 Å². The van der Waals surface area contributed by atoms with E-state index < -0.39 is 40.1 Å². The molecule has 0 unspecified atom stereocenters. The molecule has 0 amide bonds. The number of hydrogen-bond acceptors (Lipinski definition) is 5. The molecular formula is C7H5F2N3O4.